The molecular weight excluding hydrogens is 527 g/mol. The largest absolute Gasteiger partial charge is 0.289 e. The fraction of sp³-hybridized carbons (Fsp3) is 0.214. The Balaban J connectivity index is 1.60. The minimum Gasteiger partial charge on any atom is -0.274 e. The molecule has 0 aliphatic heterocycles. The minimum atomic E-state index is -4.41. The van der Waals surface area contributed by atoms with Gasteiger partial charge in [0.25, 0.3) is 15.7 Å². The number of para-hydroxylation sites is 1. The highest BCUT2D eigenvalue weighted by molar-refractivity contribution is 7.93. The van der Waals surface area contributed by atoms with E-state index in [1.807, 2.05) is 25.3 Å². The smallest absolute Gasteiger partial charge is 0.274 e. The van der Waals surface area contributed by atoms with Gasteiger partial charge in [0.1, 0.15) is 13.5 Å². The van der Waals surface area contributed by atoms with E-state index in [0.717, 1.165) is 40.6 Å². The molecule has 1 unspecified atom stereocenters. The Morgan fingerprint density at radius 1 is 1.10 bits per heavy atom. The number of aryl methyl sites for hydroxylation is 1. The van der Waals surface area contributed by atoms with E-state index in [1.165, 1.54) is 28.6 Å². The van der Waals surface area contributed by atoms with Gasteiger partial charge in [0.15, 0.2) is 4.90 Å². The number of rotatable bonds is 6. The van der Waals surface area contributed by atoms with Crippen molar-refractivity contribution in [1.82, 2.24) is 19.6 Å². The number of fused-ring (bicyclic) bond motifs is 2. The average molecular weight is 552 g/mol. The molecule has 40 heavy (non-hydrogen) atoms. The summed E-state index contributed by atoms with van der Waals surface area (Å²) in [5.41, 5.74) is 4.74. The van der Waals surface area contributed by atoms with E-state index >= 15 is 0 Å². The Kier molecular flexibility index (Phi) is 6.22. The Hall–Kier alpha value is -4.45. The zero-order chi connectivity index (χ0) is 28.2. The van der Waals surface area contributed by atoms with Crippen LogP contribution in [0.25, 0.3) is 16.6 Å². The van der Waals surface area contributed by atoms with Gasteiger partial charge >= 0.3 is 0 Å². The van der Waals surface area contributed by atoms with Crippen molar-refractivity contribution in [2.24, 2.45) is 7.05 Å². The molecular formula is C28H25BN6O4S. The van der Waals surface area contributed by atoms with Crippen LogP contribution in [0.5, 0.6) is 0 Å². The molecule has 0 fully saturated rings. The number of sulfonamides is 1. The van der Waals surface area contributed by atoms with Crippen molar-refractivity contribution in [3.63, 3.8) is 0 Å². The van der Waals surface area contributed by atoms with Gasteiger partial charge < -0.3 is 0 Å². The lowest BCUT2D eigenvalue weighted by atomic mass is 9.79. The molecule has 6 rings (SSSR count). The van der Waals surface area contributed by atoms with Crippen LogP contribution in [0.1, 0.15) is 35.6 Å². The third-order valence-corrected chi connectivity index (χ3v) is 9.45. The predicted molar refractivity (Wildman–Crippen MR) is 153 cm³/mol. The molecule has 1 aliphatic rings. The standard InChI is InChI=1S/C28H25BN6O4S/c1-18-22-6-5-8-25(23(22)12-13-24(18)29)34(40(38,39)28-9-4-3-7-26(28)35(36)37)20-11-10-19-15-31-33(27(19)14-20)21-16-30-32(2)17-21/h3-4,7,9-17,25H,5-6,8H2,1-2H3. The lowest BCUT2D eigenvalue weighted by Crippen LogP contribution is -2.37. The van der Waals surface area contributed by atoms with Gasteiger partial charge in [0, 0.05) is 18.5 Å². The molecule has 200 valence electrons. The third-order valence-electron chi connectivity index (χ3n) is 7.57. The van der Waals surface area contributed by atoms with Gasteiger partial charge in [-0.15, -0.1) is 0 Å². The summed E-state index contributed by atoms with van der Waals surface area (Å²) in [6.45, 7) is 1.94. The van der Waals surface area contributed by atoms with Gasteiger partial charge in [-0.05, 0) is 61.6 Å². The minimum absolute atomic E-state index is 0.361. The van der Waals surface area contributed by atoms with Crippen LogP contribution in [-0.4, -0.2) is 40.7 Å². The Morgan fingerprint density at radius 2 is 1.90 bits per heavy atom. The zero-order valence-electron chi connectivity index (χ0n) is 21.9. The van der Waals surface area contributed by atoms with Crippen molar-refractivity contribution >= 4 is 45.6 Å². The van der Waals surface area contributed by atoms with Crippen LogP contribution in [0, 0.1) is 17.0 Å². The van der Waals surface area contributed by atoms with E-state index in [2.05, 4.69) is 10.2 Å². The van der Waals surface area contributed by atoms with Gasteiger partial charge in [-0.3, -0.25) is 19.1 Å². The van der Waals surface area contributed by atoms with E-state index in [1.54, 1.807) is 47.0 Å². The van der Waals surface area contributed by atoms with Gasteiger partial charge in [0.05, 0.1) is 40.8 Å². The SMILES string of the molecule is [B]c1ccc2c(c1C)CCCC2N(c1ccc2cnn(-c3cnn(C)c3)c2c1)S(=O)(=O)c1ccccc1[N+](=O)[O-]. The van der Waals surface area contributed by atoms with Crippen LogP contribution in [0.4, 0.5) is 11.4 Å². The highest BCUT2D eigenvalue weighted by Gasteiger charge is 2.39. The van der Waals surface area contributed by atoms with E-state index in [9.17, 15) is 18.5 Å². The van der Waals surface area contributed by atoms with Gasteiger partial charge in [-0.1, -0.05) is 35.3 Å². The molecule has 0 saturated heterocycles. The van der Waals surface area contributed by atoms with E-state index in [-0.39, 0.29) is 4.90 Å². The molecule has 0 N–H and O–H groups in total. The number of nitro groups is 1. The van der Waals surface area contributed by atoms with Crippen molar-refractivity contribution in [3.8, 4) is 5.69 Å². The average Bonchev–Trinajstić information content (AvgIpc) is 3.56. The predicted octanol–water partition coefficient (Wildman–Crippen LogP) is 4.04. The Bertz CT molecular complexity index is 1900. The van der Waals surface area contributed by atoms with E-state index in [0.29, 0.717) is 23.1 Å². The third kappa shape index (κ3) is 4.15. The topological polar surface area (TPSA) is 116 Å². The summed E-state index contributed by atoms with van der Waals surface area (Å²) in [5, 5.41) is 21.5. The van der Waals surface area contributed by atoms with Gasteiger partial charge in [-0.2, -0.15) is 10.2 Å². The number of aromatic nitrogens is 4. The second-order valence-electron chi connectivity index (χ2n) is 9.95. The number of hydrogen-bond donors (Lipinski definition) is 0. The molecule has 2 aromatic heterocycles. The van der Waals surface area contributed by atoms with Crippen LogP contribution in [0.15, 0.2) is 78.1 Å². The molecule has 0 amide bonds. The highest BCUT2D eigenvalue weighted by Crippen LogP contribution is 2.43. The maximum absolute atomic E-state index is 14.5. The molecule has 3 aromatic carbocycles. The molecule has 1 atom stereocenters. The first-order chi connectivity index (χ1) is 19.2. The zero-order valence-corrected chi connectivity index (χ0v) is 22.7. The normalized spacial score (nSPS) is 15.2. The van der Waals surface area contributed by atoms with Crippen molar-refractivity contribution in [2.45, 2.75) is 37.1 Å². The second kappa shape index (κ2) is 9.63. The molecule has 5 aromatic rings. The molecule has 2 radical (unpaired) electrons. The molecule has 10 nitrogen and oxygen atoms in total. The second-order valence-corrected chi connectivity index (χ2v) is 11.7. The van der Waals surface area contributed by atoms with Crippen molar-refractivity contribution in [2.75, 3.05) is 4.31 Å². The van der Waals surface area contributed by atoms with Crippen LogP contribution >= 0.6 is 0 Å². The maximum atomic E-state index is 14.5. The van der Waals surface area contributed by atoms with Crippen LogP contribution in [0.3, 0.4) is 0 Å². The first kappa shape index (κ1) is 25.8. The molecule has 0 bridgehead atoms. The fourth-order valence-electron chi connectivity index (χ4n) is 5.60. The Morgan fingerprint density at radius 3 is 2.65 bits per heavy atom. The van der Waals surface area contributed by atoms with Gasteiger partial charge in [0.2, 0.25) is 0 Å². The summed E-state index contributed by atoms with van der Waals surface area (Å²) in [4.78, 5) is 10.9. The summed E-state index contributed by atoms with van der Waals surface area (Å²) in [7, 11) is 3.60. The number of hydrogen-bond acceptors (Lipinski definition) is 6. The van der Waals surface area contributed by atoms with Crippen molar-refractivity contribution < 1.29 is 13.3 Å². The van der Waals surface area contributed by atoms with Crippen molar-refractivity contribution in [1.29, 1.82) is 0 Å². The lowest BCUT2D eigenvalue weighted by molar-refractivity contribution is -0.387. The van der Waals surface area contributed by atoms with E-state index < -0.39 is 26.7 Å². The summed E-state index contributed by atoms with van der Waals surface area (Å²) in [6.07, 6.45) is 7.23. The van der Waals surface area contributed by atoms with Crippen molar-refractivity contribution in [3.05, 3.63) is 100.0 Å². The summed E-state index contributed by atoms with van der Waals surface area (Å²) in [6, 6.07) is 13.8. The number of benzene rings is 3. The number of nitro benzene ring substituents is 1. The molecule has 12 heteroatoms. The molecule has 2 heterocycles. The summed E-state index contributed by atoms with van der Waals surface area (Å²) >= 11 is 0. The summed E-state index contributed by atoms with van der Waals surface area (Å²) < 4.78 is 33.7. The first-order valence-corrected chi connectivity index (χ1v) is 14.2. The molecule has 1 aliphatic carbocycles. The van der Waals surface area contributed by atoms with Gasteiger partial charge in [-0.25, -0.2) is 13.1 Å². The first-order valence-electron chi connectivity index (χ1n) is 12.8. The number of anilines is 1. The summed E-state index contributed by atoms with van der Waals surface area (Å²) in [5.74, 6) is 0. The quantitative estimate of drug-likeness (QED) is 0.178. The Labute approximate surface area is 232 Å². The molecule has 0 saturated carbocycles. The number of nitrogens with zero attached hydrogens (tertiary/aromatic N) is 6. The monoisotopic (exact) mass is 552 g/mol. The van der Waals surface area contributed by atoms with Crippen LogP contribution in [0.2, 0.25) is 0 Å². The van der Waals surface area contributed by atoms with Crippen LogP contribution in [-0.2, 0) is 23.5 Å². The fourth-order valence-corrected chi connectivity index (χ4v) is 7.41. The van der Waals surface area contributed by atoms with E-state index in [4.69, 9.17) is 7.85 Å². The molecule has 0 spiro atoms. The maximum Gasteiger partial charge on any atom is 0.289 e. The van der Waals surface area contributed by atoms with Crippen LogP contribution < -0.4 is 9.77 Å². The lowest BCUT2D eigenvalue weighted by Gasteiger charge is -2.37. The highest BCUT2D eigenvalue weighted by atomic mass is 32.2.